The van der Waals surface area contributed by atoms with Crippen molar-refractivity contribution in [3.63, 3.8) is 0 Å². The lowest BCUT2D eigenvalue weighted by atomic mass is 10.2. The molecular formula is C27H28ClN3O3. The van der Waals surface area contributed by atoms with Crippen LogP contribution in [0.3, 0.4) is 0 Å². The Morgan fingerprint density at radius 2 is 1.71 bits per heavy atom. The minimum absolute atomic E-state index is 0.148. The highest BCUT2D eigenvalue weighted by molar-refractivity contribution is 6.30. The molecule has 1 unspecified atom stereocenters. The number of para-hydroxylation sites is 2. The Balaban J connectivity index is 1.41. The molecule has 1 amide bonds. The summed E-state index contributed by atoms with van der Waals surface area (Å²) < 4.78 is 13.2. The average Bonchev–Trinajstić information content (AvgIpc) is 3.24. The second kappa shape index (κ2) is 11.1. The summed E-state index contributed by atoms with van der Waals surface area (Å²) in [5.74, 6) is 2.21. The highest BCUT2D eigenvalue weighted by atomic mass is 35.5. The van der Waals surface area contributed by atoms with Gasteiger partial charge in [-0.05, 0) is 80.4 Å². The molecule has 1 heterocycles. The molecule has 0 bridgehead atoms. The third-order valence-electron chi connectivity index (χ3n) is 5.63. The molecule has 7 heteroatoms. The molecule has 6 nitrogen and oxygen atoms in total. The third kappa shape index (κ3) is 5.69. The van der Waals surface area contributed by atoms with Crippen molar-refractivity contribution >= 4 is 28.5 Å². The highest BCUT2D eigenvalue weighted by Crippen LogP contribution is 2.23. The summed E-state index contributed by atoms with van der Waals surface area (Å²) in [6, 6.07) is 22.2. The fourth-order valence-electron chi connectivity index (χ4n) is 3.84. The van der Waals surface area contributed by atoms with E-state index in [0.717, 1.165) is 42.0 Å². The normalized spacial score (nSPS) is 11.9. The number of aromatic nitrogens is 2. The summed E-state index contributed by atoms with van der Waals surface area (Å²) >= 11 is 5.92. The van der Waals surface area contributed by atoms with Gasteiger partial charge in [0.1, 0.15) is 17.3 Å². The van der Waals surface area contributed by atoms with Crippen molar-refractivity contribution in [2.45, 2.75) is 32.4 Å². The van der Waals surface area contributed by atoms with Crippen LogP contribution >= 0.6 is 11.6 Å². The maximum Gasteiger partial charge on any atom is 0.251 e. The summed E-state index contributed by atoms with van der Waals surface area (Å²) in [6.07, 6.45) is 1.81. The van der Waals surface area contributed by atoms with E-state index in [0.29, 0.717) is 22.9 Å². The van der Waals surface area contributed by atoms with Gasteiger partial charge < -0.3 is 19.4 Å². The van der Waals surface area contributed by atoms with E-state index >= 15 is 0 Å². The number of hydrogen-bond acceptors (Lipinski definition) is 4. The Kier molecular flexibility index (Phi) is 7.70. The number of unbranched alkanes of at least 4 members (excludes halogenated alkanes) is 1. The monoisotopic (exact) mass is 477 g/mol. The Morgan fingerprint density at radius 1 is 1.00 bits per heavy atom. The van der Waals surface area contributed by atoms with E-state index in [9.17, 15) is 4.79 Å². The first-order chi connectivity index (χ1) is 16.5. The van der Waals surface area contributed by atoms with E-state index in [4.69, 9.17) is 26.1 Å². The molecule has 0 saturated carbocycles. The number of aryl methyl sites for hydroxylation is 1. The molecule has 1 aromatic heterocycles. The van der Waals surface area contributed by atoms with Crippen LogP contribution in [-0.4, -0.2) is 29.2 Å². The number of methoxy groups -OCH3 is 1. The number of imidazole rings is 1. The lowest BCUT2D eigenvalue weighted by molar-refractivity contribution is 0.0937. The van der Waals surface area contributed by atoms with E-state index in [1.54, 1.807) is 31.4 Å². The topological polar surface area (TPSA) is 65.4 Å². The first-order valence-corrected chi connectivity index (χ1v) is 11.7. The Bertz CT molecular complexity index is 1240. The number of amides is 1. The summed E-state index contributed by atoms with van der Waals surface area (Å²) in [6.45, 7) is 3.36. The SMILES string of the molecule is COc1ccc(C(=O)NC(C)c2nc3ccccc3n2CCCCOc2ccc(Cl)cc2)cc1. The van der Waals surface area contributed by atoms with Crippen molar-refractivity contribution in [3.05, 3.63) is 89.2 Å². The van der Waals surface area contributed by atoms with E-state index in [1.165, 1.54) is 0 Å². The Hall–Kier alpha value is -3.51. The van der Waals surface area contributed by atoms with Gasteiger partial charge in [-0.15, -0.1) is 0 Å². The highest BCUT2D eigenvalue weighted by Gasteiger charge is 2.19. The zero-order valence-corrected chi connectivity index (χ0v) is 20.1. The molecule has 3 aromatic carbocycles. The van der Waals surface area contributed by atoms with Crippen LogP contribution in [0.15, 0.2) is 72.8 Å². The van der Waals surface area contributed by atoms with Crippen LogP contribution in [0.5, 0.6) is 11.5 Å². The lowest BCUT2D eigenvalue weighted by Gasteiger charge is -2.17. The summed E-state index contributed by atoms with van der Waals surface area (Å²) in [7, 11) is 1.60. The minimum Gasteiger partial charge on any atom is -0.497 e. The van der Waals surface area contributed by atoms with Gasteiger partial charge in [0.25, 0.3) is 5.91 Å². The molecule has 0 fully saturated rings. The summed E-state index contributed by atoms with van der Waals surface area (Å²) in [4.78, 5) is 17.6. The summed E-state index contributed by atoms with van der Waals surface area (Å²) in [5.41, 5.74) is 2.55. The van der Waals surface area contributed by atoms with Crippen LogP contribution in [0.1, 0.15) is 42.0 Å². The van der Waals surface area contributed by atoms with Crippen molar-refractivity contribution in [2.75, 3.05) is 13.7 Å². The molecule has 0 aliphatic heterocycles. The molecule has 0 aliphatic carbocycles. The molecule has 176 valence electrons. The van der Waals surface area contributed by atoms with Crippen molar-refractivity contribution in [1.82, 2.24) is 14.9 Å². The Labute approximate surface area is 204 Å². The maximum absolute atomic E-state index is 12.8. The van der Waals surface area contributed by atoms with Crippen molar-refractivity contribution < 1.29 is 14.3 Å². The van der Waals surface area contributed by atoms with Crippen molar-refractivity contribution in [2.24, 2.45) is 0 Å². The molecule has 0 spiro atoms. The van der Waals surface area contributed by atoms with Crippen LogP contribution in [0.25, 0.3) is 11.0 Å². The molecule has 4 rings (SSSR count). The van der Waals surface area contributed by atoms with E-state index in [1.807, 2.05) is 49.4 Å². The standard InChI is InChI=1S/C27H28ClN3O3/c1-19(29-27(32)20-9-13-22(33-2)14-10-20)26-30-24-7-3-4-8-25(24)31(26)17-5-6-18-34-23-15-11-21(28)12-16-23/h3-4,7-16,19H,5-6,17-18H2,1-2H3,(H,29,32). The van der Waals surface area contributed by atoms with E-state index in [-0.39, 0.29) is 11.9 Å². The predicted molar refractivity (Wildman–Crippen MR) is 135 cm³/mol. The van der Waals surface area contributed by atoms with Crippen LogP contribution in [0, 0.1) is 0 Å². The largest absolute Gasteiger partial charge is 0.497 e. The number of rotatable bonds is 10. The number of hydrogen-bond donors (Lipinski definition) is 1. The molecule has 0 radical (unpaired) electrons. The van der Waals surface area contributed by atoms with Gasteiger partial charge in [-0.2, -0.15) is 0 Å². The molecule has 0 saturated heterocycles. The first kappa shape index (κ1) is 23.6. The fourth-order valence-corrected chi connectivity index (χ4v) is 3.97. The Morgan fingerprint density at radius 3 is 2.44 bits per heavy atom. The van der Waals surface area contributed by atoms with Gasteiger partial charge in [-0.25, -0.2) is 4.98 Å². The van der Waals surface area contributed by atoms with E-state index < -0.39 is 0 Å². The number of carbonyl (C=O) groups is 1. The number of benzene rings is 3. The second-order valence-corrected chi connectivity index (χ2v) is 8.48. The number of carbonyl (C=O) groups excluding carboxylic acids is 1. The van der Waals surface area contributed by atoms with Crippen LogP contribution in [0.2, 0.25) is 5.02 Å². The van der Waals surface area contributed by atoms with Crippen LogP contribution < -0.4 is 14.8 Å². The summed E-state index contributed by atoms with van der Waals surface area (Å²) in [5, 5.41) is 3.77. The molecule has 4 aromatic rings. The third-order valence-corrected chi connectivity index (χ3v) is 5.88. The van der Waals surface area contributed by atoms with Gasteiger partial charge in [-0.1, -0.05) is 23.7 Å². The number of nitrogens with one attached hydrogen (secondary N) is 1. The zero-order valence-electron chi connectivity index (χ0n) is 19.3. The van der Waals surface area contributed by atoms with Gasteiger partial charge in [0.2, 0.25) is 0 Å². The molecule has 1 N–H and O–H groups in total. The number of nitrogens with zero attached hydrogens (tertiary/aromatic N) is 2. The second-order valence-electron chi connectivity index (χ2n) is 8.04. The van der Waals surface area contributed by atoms with Gasteiger partial charge in [0.05, 0.1) is 30.8 Å². The first-order valence-electron chi connectivity index (χ1n) is 11.3. The van der Waals surface area contributed by atoms with Gasteiger partial charge >= 0.3 is 0 Å². The maximum atomic E-state index is 12.8. The van der Waals surface area contributed by atoms with Gasteiger partial charge in [0.15, 0.2) is 0 Å². The molecular weight excluding hydrogens is 450 g/mol. The van der Waals surface area contributed by atoms with Gasteiger partial charge in [0, 0.05) is 17.1 Å². The van der Waals surface area contributed by atoms with Gasteiger partial charge in [-0.3, -0.25) is 4.79 Å². The van der Waals surface area contributed by atoms with E-state index in [2.05, 4.69) is 16.0 Å². The van der Waals surface area contributed by atoms with Crippen molar-refractivity contribution in [3.8, 4) is 11.5 Å². The minimum atomic E-state index is -0.257. The van der Waals surface area contributed by atoms with Crippen molar-refractivity contribution in [1.29, 1.82) is 0 Å². The van der Waals surface area contributed by atoms with Crippen LogP contribution in [-0.2, 0) is 6.54 Å². The average molecular weight is 478 g/mol. The molecule has 34 heavy (non-hydrogen) atoms. The predicted octanol–water partition coefficient (Wildman–Crippen LogP) is 6.05. The number of halogens is 1. The molecule has 0 aliphatic rings. The number of ether oxygens (including phenoxy) is 2. The molecule has 1 atom stereocenters. The zero-order chi connectivity index (χ0) is 23.9. The lowest BCUT2D eigenvalue weighted by Crippen LogP contribution is -2.28. The van der Waals surface area contributed by atoms with Crippen LogP contribution in [0.4, 0.5) is 0 Å². The smallest absolute Gasteiger partial charge is 0.251 e. The number of fused-ring (bicyclic) bond motifs is 1. The fraction of sp³-hybridized carbons (Fsp3) is 0.259. The quantitative estimate of drug-likeness (QED) is 0.282.